The molecule has 0 bridgehead atoms. The third kappa shape index (κ3) is 10.6. The van der Waals surface area contributed by atoms with E-state index in [1.165, 1.54) is 0 Å². The van der Waals surface area contributed by atoms with Crippen LogP contribution in [0.4, 0.5) is 0 Å². The molecular formula is C23H42IN5O. The summed E-state index contributed by atoms with van der Waals surface area (Å²) in [5.41, 5.74) is 1.87. The summed E-state index contributed by atoms with van der Waals surface area (Å²) in [5, 5.41) is 6.72. The van der Waals surface area contributed by atoms with E-state index >= 15 is 0 Å². The molecule has 1 rings (SSSR count). The molecule has 0 unspecified atom stereocenters. The number of carbonyl (C=O) groups excluding carboxylic acids is 1. The van der Waals surface area contributed by atoms with Crippen LogP contribution in [-0.2, 0) is 6.42 Å². The van der Waals surface area contributed by atoms with Crippen molar-refractivity contribution >= 4 is 35.8 Å². The van der Waals surface area contributed by atoms with Gasteiger partial charge in [-0.25, -0.2) is 0 Å². The van der Waals surface area contributed by atoms with Crippen LogP contribution in [0.2, 0.25) is 0 Å². The van der Waals surface area contributed by atoms with E-state index in [2.05, 4.69) is 56.2 Å². The van der Waals surface area contributed by atoms with Crippen LogP contribution in [0, 0.1) is 0 Å². The fraction of sp³-hybridized carbons (Fsp3) is 0.652. The van der Waals surface area contributed by atoms with E-state index in [0.29, 0.717) is 12.1 Å². The fourth-order valence-electron chi connectivity index (χ4n) is 3.34. The largest absolute Gasteiger partial charge is 0.357 e. The highest BCUT2D eigenvalue weighted by atomic mass is 127. The van der Waals surface area contributed by atoms with Crippen molar-refractivity contribution in [1.29, 1.82) is 0 Å². The van der Waals surface area contributed by atoms with Gasteiger partial charge in [0.05, 0.1) is 0 Å². The van der Waals surface area contributed by atoms with Crippen molar-refractivity contribution in [3.63, 3.8) is 0 Å². The lowest BCUT2D eigenvalue weighted by Gasteiger charge is -2.30. The van der Waals surface area contributed by atoms with E-state index in [0.717, 1.165) is 56.1 Å². The summed E-state index contributed by atoms with van der Waals surface area (Å²) < 4.78 is 0. The van der Waals surface area contributed by atoms with Gasteiger partial charge in [-0.05, 0) is 65.2 Å². The summed E-state index contributed by atoms with van der Waals surface area (Å²) in [7, 11) is 3.55. The number of hydrogen-bond acceptors (Lipinski definition) is 3. The molecule has 0 atom stereocenters. The predicted molar refractivity (Wildman–Crippen MR) is 139 cm³/mol. The molecule has 1 aromatic rings. The highest BCUT2D eigenvalue weighted by Crippen LogP contribution is 2.08. The molecule has 0 aromatic heterocycles. The van der Waals surface area contributed by atoms with Crippen LogP contribution in [0.3, 0.4) is 0 Å². The predicted octanol–water partition coefficient (Wildman–Crippen LogP) is 3.61. The Morgan fingerprint density at radius 1 is 1.10 bits per heavy atom. The van der Waals surface area contributed by atoms with Crippen LogP contribution >= 0.6 is 24.0 Å². The fourth-order valence-corrected chi connectivity index (χ4v) is 3.34. The third-order valence-corrected chi connectivity index (χ3v) is 4.80. The van der Waals surface area contributed by atoms with E-state index in [-0.39, 0.29) is 29.9 Å². The number of carbonyl (C=O) groups is 1. The number of nitrogens with one attached hydrogen (secondary N) is 2. The second-order valence-electron chi connectivity index (χ2n) is 8.12. The van der Waals surface area contributed by atoms with Crippen molar-refractivity contribution < 1.29 is 4.79 Å². The molecule has 7 heteroatoms. The van der Waals surface area contributed by atoms with Gasteiger partial charge in [0.1, 0.15) is 0 Å². The van der Waals surface area contributed by atoms with Crippen molar-refractivity contribution in [1.82, 2.24) is 20.4 Å². The lowest BCUT2D eigenvalue weighted by Crippen LogP contribution is -2.39. The number of nitrogens with zero attached hydrogens (tertiary/aromatic N) is 3. The molecule has 0 fully saturated rings. The van der Waals surface area contributed by atoms with Crippen LogP contribution < -0.4 is 10.6 Å². The molecule has 0 saturated heterocycles. The van der Waals surface area contributed by atoms with Crippen molar-refractivity contribution in [2.45, 2.75) is 59.5 Å². The normalized spacial score (nSPS) is 11.6. The average molecular weight is 532 g/mol. The smallest absolute Gasteiger partial charge is 0.253 e. The maximum atomic E-state index is 12.1. The van der Waals surface area contributed by atoms with Crippen molar-refractivity contribution in [3.05, 3.63) is 35.4 Å². The Morgan fingerprint density at radius 2 is 1.77 bits per heavy atom. The van der Waals surface area contributed by atoms with Gasteiger partial charge in [0.2, 0.25) is 0 Å². The molecule has 1 amide bonds. The molecule has 0 heterocycles. The van der Waals surface area contributed by atoms with Crippen LogP contribution in [0.1, 0.15) is 57.0 Å². The minimum absolute atomic E-state index is 0. The van der Waals surface area contributed by atoms with Crippen molar-refractivity contribution in [2.75, 3.05) is 40.3 Å². The zero-order chi connectivity index (χ0) is 21.8. The minimum Gasteiger partial charge on any atom is -0.357 e. The van der Waals surface area contributed by atoms with Crippen LogP contribution in [-0.4, -0.2) is 74.0 Å². The lowest BCUT2D eigenvalue weighted by atomic mass is 10.1. The zero-order valence-corrected chi connectivity index (χ0v) is 22.2. The maximum Gasteiger partial charge on any atom is 0.253 e. The van der Waals surface area contributed by atoms with Gasteiger partial charge < -0.3 is 15.5 Å². The average Bonchev–Trinajstić information content (AvgIpc) is 2.66. The maximum absolute atomic E-state index is 12.1. The third-order valence-electron chi connectivity index (χ3n) is 4.80. The summed E-state index contributed by atoms with van der Waals surface area (Å²) in [6, 6.07) is 8.95. The molecule has 0 aliphatic carbocycles. The first kappa shape index (κ1) is 28.6. The summed E-state index contributed by atoms with van der Waals surface area (Å²) in [4.78, 5) is 20.9. The molecule has 0 spiro atoms. The number of rotatable bonds is 11. The number of guanidine groups is 1. The van der Waals surface area contributed by atoms with E-state index in [1.54, 1.807) is 19.0 Å². The zero-order valence-electron chi connectivity index (χ0n) is 19.9. The highest BCUT2D eigenvalue weighted by Gasteiger charge is 2.12. The SMILES string of the molecule is CCNC(=NCCCN(C(C)C)C(C)C)NCCc1cccc(C(=O)N(C)C)c1.I. The standard InChI is InChI=1S/C23H41N5O.HI/c1-8-24-23(25-14-10-16-28(18(2)3)19(4)5)26-15-13-20-11-9-12-21(17-20)22(29)27(6)7;/h9,11-12,17-19H,8,10,13-16H2,1-7H3,(H2,24,25,26);1H. The van der Waals surface area contributed by atoms with E-state index in [9.17, 15) is 4.79 Å². The first-order valence-corrected chi connectivity index (χ1v) is 10.8. The molecule has 0 aliphatic rings. The molecule has 0 radical (unpaired) electrons. The molecule has 0 saturated carbocycles. The Balaban J connectivity index is 0.00000841. The van der Waals surface area contributed by atoms with Crippen LogP contribution in [0.5, 0.6) is 0 Å². The molecule has 2 N–H and O–H groups in total. The van der Waals surface area contributed by atoms with E-state index in [1.807, 2.05) is 18.2 Å². The first-order valence-electron chi connectivity index (χ1n) is 10.8. The summed E-state index contributed by atoms with van der Waals surface area (Å²) >= 11 is 0. The summed E-state index contributed by atoms with van der Waals surface area (Å²) in [6.45, 7) is 14.5. The van der Waals surface area contributed by atoms with Gasteiger partial charge in [-0.2, -0.15) is 0 Å². The number of benzene rings is 1. The van der Waals surface area contributed by atoms with Crippen molar-refractivity contribution in [2.24, 2.45) is 4.99 Å². The molecule has 1 aromatic carbocycles. The Bertz CT molecular complexity index is 638. The molecule has 6 nitrogen and oxygen atoms in total. The number of hydrogen-bond donors (Lipinski definition) is 2. The van der Waals surface area contributed by atoms with Gasteiger partial charge in [0.25, 0.3) is 5.91 Å². The van der Waals surface area contributed by atoms with Gasteiger partial charge in [0.15, 0.2) is 5.96 Å². The Morgan fingerprint density at radius 3 is 2.33 bits per heavy atom. The van der Waals surface area contributed by atoms with Crippen LogP contribution in [0.25, 0.3) is 0 Å². The number of aliphatic imine (C=N–C) groups is 1. The Kier molecular flexibility index (Phi) is 14.8. The van der Waals surface area contributed by atoms with Crippen LogP contribution in [0.15, 0.2) is 29.3 Å². The first-order chi connectivity index (χ1) is 13.8. The van der Waals surface area contributed by atoms with Gasteiger partial charge in [-0.15, -0.1) is 24.0 Å². The molecule has 172 valence electrons. The monoisotopic (exact) mass is 531 g/mol. The topological polar surface area (TPSA) is 60.0 Å². The second-order valence-corrected chi connectivity index (χ2v) is 8.12. The Labute approximate surface area is 200 Å². The quantitative estimate of drug-likeness (QED) is 0.198. The summed E-state index contributed by atoms with van der Waals surface area (Å²) in [5.74, 6) is 0.889. The number of amides is 1. The van der Waals surface area contributed by atoms with Gasteiger partial charge in [0, 0.05) is 57.9 Å². The lowest BCUT2D eigenvalue weighted by molar-refractivity contribution is 0.0827. The van der Waals surface area contributed by atoms with E-state index < -0.39 is 0 Å². The molecule has 30 heavy (non-hydrogen) atoms. The van der Waals surface area contributed by atoms with Gasteiger partial charge in [-0.3, -0.25) is 14.7 Å². The Hall–Kier alpha value is -1.35. The van der Waals surface area contributed by atoms with Gasteiger partial charge >= 0.3 is 0 Å². The molecule has 0 aliphatic heterocycles. The highest BCUT2D eigenvalue weighted by molar-refractivity contribution is 14.0. The van der Waals surface area contributed by atoms with Crippen molar-refractivity contribution in [3.8, 4) is 0 Å². The van der Waals surface area contributed by atoms with Gasteiger partial charge in [-0.1, -0.05) is 12.1 Å². The van der Waals surface area contributed by atoms with E-state index in [4.69, 9.17) is 4.99 Å². The second kappa shape index (κ2) is 15.5. The molecular weight excluding hydrogens is 489 g/mol. The minimum atomic E-state index is 0. The summed E-state index contributed by atoms with van der Waals surface area (Å²) in [6.07, 6.45) is 1.88. The number of halogens is 1.